The number of aromatic nitrogens is 4. The number of rotatable bonds is 6. The lowest BCUT2D eigenvalue weighted by Gasteiger charge is -2.33. The Hall–Kier alpha value is -3.63. The van der Waals surface area contributed by atoms with E-state index in [1.54, 1.807) is 18.5 Å². The number of fused-ring (bicyclic) bond motifs is 1. The maximum absolute atomic E-state index is 16.0. The molecular formula is C25H23ClF2N6O2. The number of piperazine rings is 1. The smallest absolute Gasteiger partial charge is 0.319 e. The van der Waals surface area contributed by atoms with Gasteiger partial charge in [-0.25, -0.2) is 18.7 Å². The summed E-state index contributed by atoms with van der Waals surface area (Å²) in [4.78, 5) is 19.2. The van der Waals surface area contributed by atoms with Crippen molar-refractivity contribution in [2.45, 2.75) is 19.4 Å². The zero-order valence-corrected chi connectivity index (χ0v) is 20.1. The molecule has 1 fully saturated rings. The molecule has 2 N–H and O–H groups in total. The summed E-state index contributed by atoms with van der Waals surface area (Å²) in [5.74, 6) is -1.06. The van der Waals surface area contributed by atoms with Crippen LogP contribution in [0.15, 0.2) is 42.7 Å². The molecule has 0 aliphatic carbocycles. The van der Waals surface area contributed by atoms with E-state index in [0.717, 1.165) is 6.07 Å². The molecule has 1 aliphatic heterocycles. The van der Waals surface area contributed by atoms with Gasteiger partial charge in [0, 0.05) is 55.4 Å². The number of phenolic OH excluding ortho intramolecular Hbond substituents is 1. The van der Waals surface area contributed by atoms with Gasteiger partial charge < -0.3 is 20.1 Å². The molecule has 4 aromatic rings. The van der Waals surface area contributed by atoms with Crippen LogP contribution in [0.1, 0.15) is 12.7 Å². The monoisotopic (exact) mass is 512 g/mol. The average molecular weight is 513 g/mol. The Morgan fingerprint density at radius 3 is 2.72 bits per heavy atom. The van der Waals surface area contributed by atoms with Crippen molar-refractivity contribution in [1.29, 1.82) is 0 Å². The lowest BCUT2D eigenvalue weighted by molar-refractivity contribution is 0.294. The first-order valence-electron chi connectivity index (χ1n) is 11.5. The van der Waals surface area contributed by atoms with Crippen LogP contribution in [0.25, 0.3) is 22.0 Å². The fraction of sp³-hybridized carbons (Fsp3) is 0.280. The van der Waals surface area contributed by atoms with E-state index in [2.05, 4.69) is 25.3 Å². The van der Waals surface area contributed by atoms with Crippen molar-refractivity contribution >= 4 is 28.3 Å². The highest BCUT2D eigenvalue weighted by Gasteiger charge is 2.26. The number of hydrogen-bond donors (Lipinski definition) is 2. The highest BCUT2D eigenvalue weighted by Crippen LogP contribution is 2.42. The van der Waals surface area contributed by atoms with Gasteiger partial charge in [0.25, 0.3) is 0 Å². The number of benzene rings is 2. The summed E-state index contributed by atoms with van der Waals surface area (Å²) >= 11 is 6.47. The SMILES string of the molecule is C[C@H]1CN(c2nc(OCCc3ncccn3)nc3c(F)c(-c4c(O)cccc4F)c(Cl)cc23)CCN1. The zero-order chi connectivity index (χ0) is 25.2. The summed E-state index contributed by atoms with van der Waals surface area (Å²) in [6.45, 7) is 4.18. The summed E-state index contributed by atoms with van der Waals surface area (Å²) in [6, 6.07) is 7.09. The van der Waals surface area contributed by atoms with Crippen molar-refractivity contribution < 1.29 is 18.6 Å². The van der Waals surface area contributed by atoms with Gasteiger partial charge in [0.1, 0.15) is 28.7 Å². The number of ether oxygens (including phenoxy) is 1. The first kappa shape index (κ1) is 24.1. The molecule has 0 radical (unpaired) electrons. The standard InChI is InChI=1S/C25H23ClF2N6O2/c1-14-13-34(10-9-29-14)24-15-12-16(26)20(21-17(27)4-2-5-18(21)35)22(28)23(15)32-25(33-24)36-11-6-19-30-7-3-8-31-19/h2-5,7-8,12,14,29,35H,6,9-11,13H2,1H3/t14-/m0/s1. The third kappa shape index (κ3) is 4.74. The van der Waals surface area contributed by atoms with Crippen LogP contribution in [0.2, 0.25) is 5.02 Å². The molecule has 2 aromatic carbocycles. The van der Waals surface area contributed by atoms with Gasteiger partial charge in [-0.2, -0.15) is 9.97 Å². The van der Waals surface area contributed by atoms with Gasteiger partial charge in [-0.1, -0.05) is 17.7 Å². The fourth-order valence-electron chi connectivity index (χ4n) is 4.27. The first-order chi connectivity index (χ1) is 17.4. The second kappa shape index (κ2) is 10.2. The van der Waals surface area contributed by atoms with Gasteiger partial charge in [-0.05, 0) is 31.2 Å². The molecule has 11 heteroatoms. The average Bonchev–Trinajstić information content (AvgIpc) is 2.86. The number of nitrogens with zero attached hydrogens (tertiary/aromatic N) is 5. The maximum atomic E-state index is 16.0. The van der Waals surface area contributed by atoms with Crippen LogP contribution in [0.4, 0.5) is 14.6 Å². The predicted molar refractivity (Wildman–Crippen MR) is 132 cm³/mol. The maximum Gasteiger partial charge on any atom is 0.319 e. The van der Waals surface area contributed by atoms with E-state index in [0.29, 0.717) is 43.1 Å². The minimum Gasteiger partial charge on any atom is -0.507 e. The van der Waals surface area contributed by atoms with E-state index in [1.165, 1.54) is 18.2 Å². The highest BCUT2D eigenvalue weighted by atomic mass is 35.5. The van der Waals surface area contributed by atoms with Gasteiger partial charge in [-0.3, -0.25) is 0 Å². The van der Waals surface area contributed by atoms with E-state index < -0.39 is 17.4 Å². The second-order valence-electron chi connectivity index (χ2n) is 8.47. The van der Waals surface area contributed by atoms with Crippen LogP contribution in [0.3, 0.4) is 0 Å². The number of phenols is 1. The molecule has 1 aliphatic rings. The molecule has 8 nitrogen and oxygen atoms in total. The Labute approximate surface area is 211 Å². The van der Waals surface area contributed by atoms with Crippen LogP contribution in [-0.4, -0.2) is 57.3 Å². The van der Waals surface area contributed by atoms with Gasteiger partial charge in [0.2, 0.25) is 0 Å². The minimum atomic E-state index is -0.874. The van der Waals surface area contributed by atoms with Gasteiger partial charge >= 0.3 is 6.01 Å². The van der Waals surface area contributed by atoms with Crippen LogP contribution < -0.4 is 15.0 Å². The first-order valence-corrected chi connectivity index (χ1v) is 11.8. The second-order valence-corrected chi connectivity index (χ2v) is 8.88. The summed E-state index contributed by atoms with van der Waals surface area (Å²) in [6.07, 6.45) is 3.67. The van der Waals surface area contributed by atoms with E-state index >= 15 is 4.39 Å². The topological polar surface area (TPSA) is 96.3 Å². The molecule has 0 amide bonds. The number of aromatic hydroxyl groups is 1. The van der Waals surface area contributed by atoms with Gasteiger partial charge in [0.05, 0.1) is 17.2 Å². The Balaban J connectivity index is 1.62. The third-order valence-corrected chi connectivity index (χ3v) is 6.23. The molecule has 0 unspecified atom stereocenters. The summed E-state index contributed by atoms with van der Waals surface area (Å²) in [5.41, 5.74) is -0.692. The summed E-state index contributed by atoms with van der Waals surface area (Å²) in [5, 5.41) is 13.9. The van der Waals surface area contributed by atoms with Crippen LogP contribution >= 0.6 is 11.6 Å². The molecular weight excluding hydrogens is 490 g/mol. The van der Waals surface area contributed by atoms with Gasteiger partial charge in [-0.15, -0.1) is 0 Å². The Bertz CT molecular complexity index is 1390. The summed E-state index contributed by atoms with van der Waals surface area (Å²) < 4.78 is 36.4. The van der Waals surface area contributed by atoms with E-state index in [-0.39, 0.29) is 40.3 Å². The molecule has 1 atom stereocenters. The molecule has 0 bridgehead atoms. The predicted octanol–water partition coefficient (Wildman–Crippen LogP) is 4.14. The quantitative estimate of drug-likeness (QED) is 0.398. The van der Waals surface area contributed by atoms with Gasteiger partial charge in [0.15, 0.2) is 5.82 Å². The molecule has 0 spiro atoms. The molecule has 186 valence electrons. The fourth-order valence-corrected chi connectivity index (χ4v) is 4.56. The van der Waals surface area contributed by atoms with Crippen LogP contribution in [0.5, 0.6) is 11.8 Å². The Kier molecular flexibility index (Phi) is 6.80. The lowest BCUT2D eigenvalue weighted by atomic mass is 10.0. The zero-order valence-electron chi connectivity index (χ0n) is 19.4. The number of nitrogens with one attached hydrogen (secondary N) is 1. The number of anilines is 1. The van der Waals surface area contributed by atoms with Crippen molar-refractivity contribution in [3.05, 3.63) is 65.2 Å². The molecule has 36 heavy (non-hydrogen) atoms. The van der Waals surface area contributed by atoms with Crippen molar-refractivity contribution in [1.82, 2.24) is 25.3 Å². The molecule has 3 heterocycles. The molecule has 2 aromatic heterocycles. The van der Waals surface area contributed by atoms with Crippen molar-refractivity contribution in [2.75, 3.05) is 31.1 Å². The largest absolute Gasteiger partial charge is 0.507 e. The van der Waals surface area contributed by atoms with Crippen LogP contribution in [-0.2, 0) is 6.42 Å². The molecule has 1 saturated heterocycles. The number of halogens is 3. The van der Waals surface area contributed by atoms with Crippen molar-refractivity contribution in [3.8, 4) is 22.9 Å². The normalized spacial score (nSPS) is 15.9. The van der Waals surface area contributed by atoms with E-state index in [4.69, 9.17) is 16.3 Å². The minimum absolute atomic E-state index is 0.0375. The molecule has 5 rings (SSSR count). The lowest BCUT2D eigenvalue weighted by Crippen LogP contribution is -2.49. The summed E-state index contributed by atoms with van der Waals surface area (Å²) in [7, 11) is 0. The molecule has 0 saturated carbocycles. The van der Waals surface area contributed by atoms with E-state index in [1.807, 2.05) is 11.8 Å². The van der Waals surface area contributed by atoms with Crippen molar-refractivity contribution in [3.63, 3.8) is 0 Å². The van der Waals surface area contributed by atoms with Crippen molar-refractivity contribution in [2.24, 2.45) is 0 Å². The highest BCUT2D eigenvalue weighted by molar-refractivity contribution is 6.34. The third-order valence-electron chi connectivity index (χ3n) is 5.93. The van der Waals surface area contributed by atoms with Crippen LogP contribution in [0, 0.1) is 11.6 Å². The Morgan fingerprint density at radius 2 is 1.97 bits per heavy atom. The number of hydrogen-bond acceptors (Lipinski definition) is 8. The Morgan fingerprint density at radius 1 is 1.17 bits per heavy atom. The van der Waals surface area contributed by atoms with E-state index in [9.17, 15) is 9.50 Å².